The zero-order valence-corrected chi connectivity index (χ0v) is 14.8. The number of rotatable bonds is 6. The summed E-state index contributed by atoms with van der Waals surface area (Å²) in [5, 5.41) is 0. The van der Waals surface area contributed by atoms with Gasteiger partial charge in [0.2, 0.25) is 21.8 Å². The smallest absolute Gasteiger partial charge is 0.243 e. The molecule has 8 nitrogen and oxygen atoms in total. The highest BCUT2D eigenvalue weighted by Gasteiger charge is 2.34. The normalized spacial score (nSPS) is 18.1. The maximum atomic E-state index is 12.8. The molecule has 1 aliphatic rings. The average Bonchev–Trinajstić information content (AvgIpc) is 3.11. The van der Waals surface area contributed by atoms with Gasteiger partial charge in [-0.15, -0.1) is 0 Å². The van der Waals surface area contributed by atoms with Crippen molar-refractivity contribution in [2.75, 3.05) is 27.3 Å². The largest absolute Gasteiger partial charge is 0.497 e. The van der Waals surface area contributed by atoms with Gasteiger partial charge in [-0.1, -0.05) is 6.07 Å². The van der Waals surface area contributed by atoms with Crippen molar-refractivity contribution in [3.05, 3.63) is 36.7 Å². The van der Waals surface area contributed by atoms with E-state index in [4.69, 9.17) is 14.2 Å². The van der Waals surface area contributed by atoms with Crippen molar-refractivity contribution in [2.45, 2.75) is 17.4 Å². The van der Waals surface area contributed by atoms with Crippen LogP contribution in [0.25, 0.3) is 0 Å². The third kappa shape index (κ3) is 3.83. The van der Waals surface area contributed by atoms with Crippen LogP contribution in [-0.2, 0) is 10.0 Å². The van der Waals surface area contributed by atoms with Crippen molar-refractivity contribution in [1.29, 1.82) is 0 Å². The molecule has 0 aliphatic carbocycles. The van der Waals surface area contributed by atoms with Gasteiger partial charge in [-0.3, -0.25) is 4.98 Å². The molecule has 1 aromatic carbocycles. The van der Waals surface area contributed by atoms with E-state index in [1.54, 1.807) is 18.2 Å². The van der Waals surface area contributed by atoms with Crippen LogP contribution in [0.4, 0.5) is 0 Å². The summed E-state index contributed by atoms with van der Waals surface area (Å²) < 4.78 is 42.8. The van der Waals surface area contributed by atoms with Crippen molar-refractivity contribution in [3.63, 3.8) is 0 Å². The average molecular weight is 365 g/mol. The van der Waals surface area contributed by atoms with Gasteiger partial charge in [0.05, 0.1) is 38.1 Å². The lowest BCUT2D eigenvalue weighted by atomic mass is 10.3. The molecule has 0 N–H and O–H groups in total. The lowest BCUT2D eigenvalue weighted by Crippen LogP contribution is -2.31. The van der Waals surface area contributed by atoms with E-state index in [0.29, 0.717) is 30.5 Å². The minimum atomic E-state index is -3.60. The minimum Gasteiger partial charge on any atom is -0.497 e. The van der Waals surface area contributed by atoms with Crippen LogP contribution in [0.1, 0.15) is 6.42 Å². The minimum absolute atomic E-state index is 0.202. The van der Waals surface area contributed by atoms with Gasteiger partial charge in [0, 0.05) is 12.6 Å². The molecule has 1 aromatic heterocycles. The fourth-order valence-electron chi connectivity index (χ4n) is 2.58. The second kappa shape index (κ2) is 7.24. The first kappa shape index (κ1) is 17.4. The highest BCUT2D eigenvalue weighted by molar-refractivity contribution is 7.89. The van der Waals surface area contributed by atoms with Crippen LogP contribution < -0.4 is 14.2 Å². The Morgan fingerprint density at radius 3 is 2.72 bits per heavy atom. The Balaban J connectivity index is 1.71. The lowest BCUT2D eigenvalue weighted by Gasteiger charge is -2.17. The van der Waals surface area contributed by atoms with E-state index in [0.717, 1.165) is 0 Å². The number of aromatic nitrogens is 2. The van der Waals surface area contributed by atoms with E-state index >= 15 is 0 Å². The SMILES string of the molecule is COc1cccc(S(=O)(=O)N2CCC(Oc3cncc(OC)n3)C2)c1. The monoisotopic (exact) mass is 365 g/mol. The topological polar surface area (TPSA) is 90.9 Å². The molecule has 134 valence electrons. The first-order valence-electron chi connectivity index (χ1n) is 7.70. The number of hydrogen-bond donors (Lipinski definition) is 0. The Morgan fingerprint density at radius 2 is 1.96 bits per heavy atom. The van der Waals surface area contributed by atoms with Crippen molar-refractivity contribution in [2.24, 2.45) is 0 Å². The molecule has 0 spiro atoms. The molecule has 0 bridgehead atoms. The fourth-order valence-corrected chi connectivity index (χ4v) is 4.10. The molecule has 2 aromatic rings. The zero-order valence-electron chi connectivity index (χ0n) is 14.0. The molecule has 1 aliphatic heterocycles. The van der Waals surface area contributed by atoms with Gasteiger partial charge in [0.25, 0.3) is 0 Å². The fraction of sp³-hybridized carbons (Fsp3) is 0.375. The van der Waals surface area contributed by atoms with Crippen LogP contribution in [0.5, 0.6) is 17.5 Å². The highest BCUT2D eigenvalue weighted by atomic mass is 32.2. The van der Waals surface area contributed by atoms with E-state index in [-0.39, 0.29) is 17.5 Å². The summed E-state index contributed by atoms with van der Waals surface area (Å²) in [6.45, 7) is 0.625. The van der Waals surface area contributed by atoms with Crippen LogP contribution >= 0.6 is 0 Å². The number of nitrogens with zero attached hydrogens (tertiary/aromatic N) is 3. The van der Waals surface area contributed by atoms with Crippen LogP contribution in [0.2, 0.25) is 0 Å². The van der Waals surface area contributed by atoms with Gasteiger partial charge in [0.1, 0.15) is 11.9 Å². The molecule has 0 amide bonds. The Hall–Kier alpha value is -2.39. The van der Waals surface area contributed by atoms with E-state index in [2.05, 4.69) is 9.97 Å². The van der Waals surface area contributed by atoms with E-state index < -0.39 is 10.0 Å². The molecular formula is C16H19N3O5S. The third-order valence-corrected chi connectivity index (χ3v) is 5.73. The van der Waals surface area contributed by atoms with Crippen LogP contribution in [0.15, 0.2) is 41.6 Å². The van der Waals surface area contributed by atoms with E-state index in [1.165, 1.54) is 37.0 Å². The van der Waals surface area contributed by atoms with Gasteiger partial charge in [-0.2, -0.15) is 9.29 Å². The number of sulfonamides is 1. The predicted molar refractivity (Wildman–Crippen MR) is 89.4 cm³/mol. The Labute approximate surface area is 146 Å². The number of ether oxygens (including phenoxy) is 3. The van der Waals surface area contributed by atoms with Crippen molar-refractivity contribution < 1.29 is 22.6 Å². The number of hydrogen-bond acceptors (Lipinski definition) is 7. The molecular weight excluding hydrogens is 346 g/mol. The molecule has 25 heavy (non-hydrogen) atoms. The molecule has 9 heteroatoms. The third-order valence-electron chi connectivity index (χ3n) is 3.87. The Morgan fingerprint density at radius 1 is 1.16 bits per heavy atom. The standard InChI is InChI=1S/C16H19N3O5S/c1-22-12-4-3-5-14(8-12)25(20,21)19-7-6-13(11-19)24-16-10-17-9-15(18-16)23-2/h3-5,8-10,13H,6-7,11H2,1-2H3. The second-order valence-corrected chi connectivity index (χ2v) is 7.41. The van der Waals surface area contributed by atoms with Gasteiger partial charge in [-0.05, 0) is 18.6 Å². The lowest BCUT2D eigenvalue weighted by molar-refractivity contribution is 0.203. The molecule has 0 radical (unpaired) electrons. The summed E-state index contributed by atoms with van der Waals surface area (Å²) in [5.41, 5.74) is 0. The summed E-state index contributed by atoms with van der Waals surface area (Å²) >= 11 is 0. The number of benzene rings is 1. The molecule has 1 saturated heterocycles. The summed E-state index contributed by atoms with van der Waals surface area (Å²) in [6.07, 6.45) is 3.23. The van der Waals surface area contributed by atoms with Gasteiger partial charge >= 0.3 is 0 Å². The first-order chi connectivity index (χ1) is 12.0. The van der Waals surface area contributed by atoms with E-state index in [1.807, 2.05) is 0 Å². The van der Waals surface area contributed by atoms with Crippen molar-refractivity contribution in [1.82, 2.24) is 14.3 Å². The van der Waals surface area contributed by atoms with Crippen LogP contribution in [0, 0.1) is 0 Å². The summed E-state index contributed by atoms with van der Waals surface area (Å²) in [5.74, 6) is 1.15. The molecule has 0 saturated carbocycles. The zero-order chi connectivity index (χ0) is 17.9. The number of methoxy groups -OCH3 is 2. The van der Waals surface area contributed by atoms with E-state index in [9.17, 15) is 8.42 Å². The summed E-state index contributed by atoms with van der Waals surface area (Å²) in [4.78, 5) is 8.31. The van der Waals surface area contributed by atoms with Gasteiger partial charge < -0.3 is 14.2 Å². The van der Waals surface area contributed by atoms with Crippen molar-refractivity contribution >= 4 is 10.0 Å². The quantitative estimate of drug-likeness (QED) is 0.763. The molecule has 1 atom stereocenters. The molecule has 1 unspecified atom stereocenters. The Bertz CT molecular complexity index is 843. The summed E-state index contributed by atoms with van der Waals surface area (Å²) in [6, 6.07) is 6.43. The predicted octanol–water partition coefficient (Wildman–Crippen LogP) is 1.34. The second-order valence-electron chi connectivity index (χ2n) is 5.47. The Kier molecular flexibility index (Phi) is 5.05. The highest BCUT2D eigenvalue weighted by Crippen LogP contribution is 2.25. The van der Waals surface area contributed by atoms with Gasteiger partial charge in [0.15, 0.2) is 0 Å². The maximum Gasteiger partial charge on any atom is 0.243 e. The molecule has 2 heterocycles. The molecule has 1 fully saturated rings. The first-order valence-corrected chi connectivity index (χ1v) is 9.14. The van der Waals surface area contributed by atoms with Crippen molar-refractivity contribution in [3.8, 4) is 17.5 Å². The van der Waals surface area contributed by atoms with Crippen LogP contribution in [-0.4, -0.2) is 56.1 Å². The summed E-state index contributed by atoms with van der Waals surface area (Å²) in [7, 11) is -0.604. The molecule has 3 rings (SSSR count). The van der Waals surface area contributed by atoms with Crippen LogP contribution in [0.3, 0.4) is 0 Å². The maximum absolute atomic E-state index is 12.8. The van der Waals surface area contributed by atoms with Gasteiger partial charge in [-0.25, -0.2) is 8.42 Å².